The zero-order chi connectivity index (χ0) is 16.6. The third kappa shape index (κ3) is 4.98. The summed E-state index contributed by atoms with van der Waals surface area (Å²) in [5.41, 5.74) is 0.601. The van der Waals surface area contributed by atoms with Crippen molar-refractivity contribution in [2.75, 3.05) is 18.5 Å². The van der Waals surface area contributed by atoms with E-state index in [-0.39, 0.29) is 5.91 Å². The minimum absolute atomic E-state index is 0.143. The number of anilines is 1. The first-order valence-electron chi connectivity index (χ1n) is 8.02. The summed E-state index contributed by atoms with van der Waals surface area (Å²) in [4.78, 5) is 16.8. The highest BCUT2D eigenvalue weighted by Crippen LogP contribution is 2.22. The van der Waals surface area contributed by atoms with Crippen molar-refractivity contribution in [2.45, 2.75) is 59.5 Å². The number of aryl methyl sites for hydroxylation is 1. The van der Waals surface area contributed by atoms with E-state index in [4.69, 9.17) is 9.47 Å². The third-order valence-electron chi connectivity index (χ3n) is 3.54. The molecule has 0 bridgehead atoms. The van der Waals surface area contributed by atoms with E-state index in [1.54, 1.807) is 6.07 Å². The molecular formula is C17H28N2O3. The maximum atomic E-state index is 12.5. The molecule has 1 N–H and O–H groups in total. The number of carbonyl (C=O) groups is 1. The maximum Gasteiger partial charge on any atom is 0.256 e. The first-order valence-corrected chi connectivity index (χ1v) is 8.02. The van der Waals surface area contributed by atoms with Gasteiger partial charge in [0.2, 0.25) is 5.88 Å². The molecule has 1 amide bonds. The lowest BCUT2D eigenvalue weighted by Gasteiger charge is -2.27. The second-order valence-corrected chi connectivity index (χ2v) is 5.52. The molecule has 1 atom stereocenters. The topological polar surface area (TPSA) is 60.5 Å². The molecule has 5 heteroatoms. The highest BCUT2D eigenvalue weighted by Gasteiger charge is 2.32. The lowest BCUT2D eigenvalue weighted by Crippen LogP contribution is -2.42. The van der Waals surface area contributed by atoms with Crippen molar-refractivity contribution >= 4 is 11.6 Å². The molecule has 0 aliphatic carbocycles. The summed E-state index contributed by atoms with van der Waals surface area (Å²) in [5, 5.41) is 2.91. The summed E-state index contributed by atoms with van der Waals surface area (Å²) in [6.07, 6.45) is 2.43. The van der Waals surface area contributed by atoms with Gasteiger partial charge in [-0.3, -0.25) is 4.79 Å². The van der Waals surface area contributed by atoms with Crippen molar-refractivity contribution in [3.05, 3.63) is 17.8 Å². The van der Waals surface area contributed by atoms with Crippen LogP contribution in [-0.4, -0.2) is 29.7 Å². The van der Waals surface area contributed by atoms with E-state index < -0.39 is 5.60 Å². The van der Waals surface area contributed by atoms with Gasteiger partial charge in [-0.05, 0) is 39.2 Å². The molecule has 1 aromatic rings. The van der Waals surface area contributed by atoms with Gasteiger partial charge in [-0.25, -0.2) is 4.98 Å². The van der Waals surface area contributed by atoms with Crippen LogP contribution in [0.25, 0.3) is 0 Å². The van der Waals surface area contributed by atoms with Crippen LogP contribution < -0.4 is 10.1 Å². The Labute approximate surface area is 133 Å². The van der Waals surface area contributed by atoms with Crippen LogP contribution in [0.1, 0.15) is 52.7 Å². The van der Waals surface area contributed by atoms with E-state index in [0.29, 0.717) is 31.2 Å². The number of hydrogen-bond donors (Lipinski definition) is 1. The van der Waals surface area contributed by atoms with Gasteiger partial charge in [-0.1, -0.05) is 20.8 Å². The number of ether oxygens (including phenoxy) is 2. The number of aromatic nitrogens is 1. The smallest absolute Gasteiger partial charge is 0.256 e. The van der Waals surface area contributed by atoms with Gasteiger partial charge in [-0.2, -0.15) is 0 Å². The number of amides is 1. The summed E-state index contributed by atoms with van der Waals surface area (Å²) < 4.78 is 11.2. The molecule has 22 heavy (non-hydrogen) atoms. The average Bonchev–Trinajstić information content (AvgIpc) is 2.52. The largest absolute Gasteiger partial charge is 0.478 e. The summed E-state index contributed by atoms with van der Waals surface area (Å²) in [7, 11) is 0. The molecule has 0 saturated carbocycles. The van der Waals surface area contributed by atoms with E-state index in [1.165, 1.54) is 0 Å². The molecule has 1 aromatic heterocycles. The van der Waals surface area contributed by atoms with Crippen LogP contribution in [0.15, 0.2) is 12.1 Å². The van der Waals surface area contributed by atoms with Crippen molar-refractivity contribution in [1.29, 1.82) is 0 Å². The summed E-state index contributed by atoms with van der Waals surface area (Å²) in [6.45, 7) is 10.9. The molecule has 1 rings (SSSR count). The fourth-order valence-corrected chi connectivity index (χ4v) is 1.87. The highest BCUT2D eigenvalue weighted by atomic mass is 16.5. The second-order valence-electron chi connectivity index (χ2n) is 5.52. The number of pyridine rings is 1. The predicted octanol–water partition coefficient (Wildman–Crippen LogP) is 3.71. The predicted molar refractivity (Wildman–Crippen MR) is 88.3 cm³/mol. The van der Waals surface area contributed by atoms with Crippen LogP contribution in [-0.2, 0) is 9.53 Å². The Morgan fingerprint density at radius 2 is 1.91 bits per heavy atom. The zero-order valence-electron chi connectivity index (χ0n) is 14.4. The van der Waals surface area contributed by atoms with Crippen molar-refractivity contribution in [3.8, 4) is 5.88 Å². The average molecular weight is 308 g/mol. The quantitative estimate of drug-likeness (QED) is 0.755. The van der Waals surface area contributed by atoms with Crippen LogP contribution in [0.4, 0.5) is 5.69 Å². The zero-order valence-corrected chi connectivity index (χ0v) is 14.4. The third-order valence-corrected chi connectivity index (χ3v) is 3.54. The fourth-order valence-electron chi connectivity index (χ4n) is 1.87. The van der Waals surface area contributed by atoms with E-state index in [1.807, 2.05) is 40.7 Å². The van der Waals surface area contributed by atoms with E-state index in [2.05, 4.69) is 10.3 Å². The van der Waals surface area contributed by atoms with Crippen LogP contribution in [0, 0.1) is 6.92 Å². The van der Waals surface area contributed by atoms with Gasteiger partial charge >= 0.3 is 0 Å². The Hall–Kier alpha value is -1.62. The summed E-state index contributed by atoms with van der Waals surface area (Å²) >= 11 is 0. The van der Waals surface area contributed by atoms with Crippen molar-refractivity contribution < 1.29 is 14.3 Å². The Kier molecular flexibility index (Phi) is 7.32. The molecule has 0 aromatic carbocycles. The molecular weight excluding hydrogens is 280 g/mol. The SMILES string of the molecule is CCCOc1ccc(NC(=O)[C@@](C)(CC)OCCC)c(C)n1. The first kappa shape index (κ1) is 18.4. The fraction of sp³-hybridized carbons (Fsp3) is 0.647. The lowest BCUT2D eigenvalue weighted by atomic mass is 10.0. The second kappa shape index (κ2) is 8.73. The number of hydrogen-bond acceptors (Lipinski definition) is 4. The van der Waals surface area contributed by atoms with Crippen molar-refractivity contribution in [3.63, 3.8) is 0 Å². The Morgan fingerprint density at radius 3 is 2.45 bits per heavy atom. The molecule has 0 aliphatic heterocycles. The minimum Gasteiger partial charge on any atom is -0.478 e. The highest BCUT2D eigenvalue weighted by molar-refractivity contribution is 5.97. The number of nitrogens with one attached hydrogen (secondary N) is 1. The number of rotatable bonds is 9. The van der Waals surface area contributed by atoms with Gasteiger partial charge in [0.05, 0.1) is 18.0 Å². The van der Waals surface area contributed by atoms with Crippen LogP contribution >= 0.6 is 0 Å². The van der Waals surface area contributed by atoms with Gasteiger partial charge in [0.15, 0.2) is 0 Å². The molecule has 0 aliphatic rings. The van der Waals surface area contributed by atoms with Crippen LogP contribution in [0.3, 0.4) is 0 Å². The molecule has 0 saturated heterocycles. The monoisotopic (exact) mass is 308 g/mol. The Bertz CT molecular complexity index is 491. The molecule has 124 valence electrons. The number of carbonyl (C=O) groups excluding carboxylic acids is 1. The van der Waals surface area contributed by atoms with Gasteiger partial charge in [-0.15, -0.1) is 0 Å². The van der Waals surface area contributed by atoms with Gasteiger partial charge in [0.25, 0.3) is 5.91 Å². The molecule has 1 heterocycles. The molecule has 5 nitrogen and oxygen atoms in total. The molecule has 0 radical (unpaired) electrons. The van der Waals surface area contributed by atoms with Crippen LogP contribution in [0.5, 0.6) is 5.88 Å². The van der Waals surface area contributed by atoms with E-state index >= 15 is 0 Å². The lowest BCUT2D eigenvalue weighted by molar-refractivity contribution is -0.139. The van der Waals surface area contributed by atoms with Gasteiger partial charge in [0.1, 0.15) is 5.60 Å². The standard InChI is InChI=1S/C17H28N2O3/c1-6-11-21-15-10-9-14(13(4)18-15)19-16(20)17(5,8-3)22-12-7-2/h9-10H,6-8,11-12H2,1-5H3,(H,19,20)/t17-/m1/s1. The Balaban J connectivity index is 2.78. The van der Waals surface area contributed by atoms with E-state index in [0.717, 1.165) is 18.5 Å². The van der Waals surface area contributed by atoms with Crippen LogP contribution in [0.2, 0.25) is 0 Å². The van der Waals surface area contributed by atoms with Crippen molar-refractivity contribution in [2.24, 2.45) is 0 Å². The normalized spacial score (nSPS) is 13.5. The molecule has 0 unspecified atom stereocenters. The molecule has 0 fully saturated rings. The first-order chi connectivity index (χ1) is 10.5. The van der Waals surface area contributed by atoms with Crippen molar-refractivity contribution in [1.82, 2.24) is 4.98 Å². The molecule has 0 spiro atoms. The minimum atomic E-state index is -0.820. The van der Waals surface area contributed by atoms with E-state index in [9.17, 15) is 4.79 Å². The Morgan fingerprint density at radius 1 is 1.23 bits per heavy atom. The van der Waals surface area contributed by atoms with Gasteiger partial charge < -0.3 is 14.8 Å². The summed E-state index contributed by atoms with van der Waals surface area (Å²) in [5.74, 6) is 0.438. The maximum absolute atomic E-state index is 12.5. The number of nitrogens with zero attached hydrogens (tertiary/aromatic N) is 1. The summed E-state index contributed by atoms with van der Waals surface area (Å²) in [6, 6.07) is 3.59. The van der Waals surface area contributed by atoms with Gasteiger partial charge in [0, 0.05) is 12.7 Å².